The third kappa shape index (κ3) is 4.66. The van der Waals surface area contributed by atoms with Gasteiger partial charge in [0.05, 0.1) is 13.2 Å². The van der Waals surface area contributed by atoms with Gasteiger partial charge in [-0.25, -0.2) is 0 Å². The molecule has 1 atom stereocenters. The van der Waals surface area contributed by atoms with Crippen molar-refractivity contribution in [1.29, 1.82) is 0 Å². The minimum absolute atomic E-state index is 0.0280. The van der Waals surface area contributed by atoms with Crippen molar-refractivity contribution in [1.82, 2.24) is 4.90 Å². The Balaban J connectivity index is 4.88. The first kappa shape index (κ1) is 17.0. The molecule has 0 aliphatic carbocycles. The van der Waals surface area contributed by atoms with E-state index in [1.807, 2.05) is 34.6 Å². The molecule has 0 aromatic rings. The van der Waals surface area contributed by atoms with E-state index in [1.54, 1.807) is 4.90 Å². The highest BCUT2D eigenvalue weighted by molar-refractivity contribution is 8.10. The summed E-state index contributed by atoms with van der Waals surface area (Å²) in [4.78, 5) is 14.0. The Morgan fingerprint density at radius 1 is 1.18 bits per heavy atom. The maximum Gasteiger partial charge on any atom is 0.235 e. The third-order valence-electron chi connectivity index (χ3n) is 2.52. The summed E-state index contributed by atoms with van der Waals surface area (Å²) in [5.41, 5.74) is -0.378. The lowest BCUT2D eigenvalue weighted by Crippen LogP contribution is -2.38. The van der Waals surface area contributed by atoms with Crippen LogP contribution in [0.4, 0.5) is 0 Å². The van der Waals surface area contributed by atoms with Gasteiger partial charge in [-0.05, 0) is 46.4 Å². The second-order valence-electron chi connectivity index (χ2n) is 3.56. The summed E-state index contributed by atoms with van der Waals surface area (Å²) in [6.45, 7) is 9.30. The van der Waals surface area contributed by atoms with E-state index in [9.17, 15) is 4.79 Å². The molecule has 0 N–H and O–H groups in total. The van der Waals surface area contributed by atoms with E-state index in [4.69, 9.17) is 20.9 Å². The maximum atomic E-state index is 12.2. The number of amides is 1. The number of nitrogens with zero attached hydrogens (tertiary/aromatic N) is 1. The van der Waals surface area contributed by atoms with Gasteiger partial charge in [0.15, 0.2) is 0 Å². The maximum absolute atomic E-state index is 12.2. The van der Waals surface area contributed by atoms with Crippen molar-refractivity contribution in [2.45, 2.75) is 40.3 Å². The Labute approximate surface area is 110 Å². The largest absolute Gasteiger partial charge is 0.343 e. The van der Waals surface area contributed by atoms with Crippen LogP contribution in [0.1, 0.15) is 34.6 Å². The minimum atomic E-state index is -2.50. The van der Waals surface area contributed by atoms with E-state index in [1.165, 1.54) is 0 Å². The molecule has 1 unspecified atom stereocenters. The van der Waals surface area contributed by atoms with Crippen molar-refractivity contribution in [3.63, 3.8) is 0 Å². The summed E-state index contributed by atoms with van der Waals surface area (Å²) in [6, 6.07) is 0. The Kier molecular flexibility index (Phi) is 8.22. The summed E-state index contributed by atoms with van der Waals surface area (Å²) in [7, 11) is 0. The van der Waals surface area contributed by atoms with Crippen molar-refractivity contribution >= 4 is 24.2 Å². The van der Waals surface area contributed by atoms with Crippen LogP contribution in [0.2, 0.25) is 0 Å². The van der Waals surface area contributed by atoms with Crippen molar-refractivity contribution in [2.24, 2.45) is 0 Å². The van der Waals surface area contributed by atoms with Crippen molar-refractivity contribution < 1.29 is 13.8 Å². The molecule has 0 aliphatic rings. The summed E-state index contributed by atoms with van der Waals surface area (Å²) < 4.78 is 11.1. The molecular formula is C11H24NO3PS. The second kappa shape index (κ2) is 8.20. The molecule has 0 saturated heterocycles. The average Bonchev–Trinajstić information content (AvgIpc) is 2.30. The quantitative estimate of drug-likeness (QED) is 0.641. The molecule has 0 heterocycles. The first-order valence-electron chi connectivity index (χ1n) is 6.14. The van der Waals surface area contributed by atoms with Gasteiger partial charge in [-0.3, -0.25) is 4.79 Å². The van der Waals surface area contributed by atoms with Crippen LogP contribution in [0.15, 0.2) is 0 Å². The third-order valence-corrected chi connectivity index (χ3v) is 6.51. The van der Waals surface area contributed by atoms with Crippen LogP contribution in [-0.2, 0) is 25.6 Å². The van der Waals surface area contributed by atoms with Crippen LogP contribution in [0.5, 0.6) is 0 Å². The molecule has 0 aromatic carbocycles. The van der Waals surface area contributed by atoms with Gasteiger partial charge in [0.2, 0.25) is 12.4 Å². The molecule has 6 heteroatoms. The summed E-state index contributed by atoms with van der Waals surface area (Å²) in [6.07, 6.45) is 0. The predicted molar refractivity (Wildman–Crippen MR) is 74.9 cm³/mol. The standard InChI is InChI=1S/C11H24NO3PS/c1-6-12(7-2)11(13)10(5)16(17,14-8-3)15-9-4/h10H,6-9H2,1-5H3. The Morgan fingerprint density at radius 2 is 1.59 bits per heavy atom. The molecule has 0 fully saturated rings. The van der Waals surface area contributed by atoms with Crippen molar-refractivity contribution in [3.05, 3.63) is 0 Å². The molecule has 102 valence electrons. The molecule has 4 nitrogen and oxygen atoms in total. The molecule has 0 spiro atoms. The molecule has 0 aliphatic heterocycles. The molecule has 17 heavy (non-hydrogen) atoms. The monoisotopic (exact) mass is 281 g/mol. The van der Waals surface area contributed by atoms with E-state index in [-0.39, 0.29) is 11.6 Å². The van der Waals surface area contributed by atoms with E-state index < -0.39 is 6.49 Å². The molecule has 1 amide bonds. The summed E-state index contributed by atoms with van der Waals surface area (Å²) in [5.74, 6) is 0.0280. The van der Waals surface area contributed by atoms with Gasteiger partial charge >= 0.3 is 0 Å². The van der Waals surface area contributed by atoms with Gasteiger partial charge in [-0.15, -0.1) is 0 Å². The van der Waals surface area contributed by atoms with E-state index in [2.05, 4.69) is 0 Å². The van der Waals surface area contributed by atoms with Crippen LogP contribution in [-0.4, -0.2) is 42.8 Å². The normalized spacial score (nSPS) is 13.5. The van der Waals surface area contributed by atoms with Gasteiger partial charge in [0, 0.05) is 13.1 Å². The summed E-state index contributed by atoms with van der Waals surface area (Å²) >= 11 is 5.43. The molecule has 0 saturated carbocycles. The van der Waals surface area contributed by atoms with Gasteiger partial charge in [0.1, 0.15) is 5.66 Å². The number of hydrogen-bond donors (Lipinski definition) is 0. The zero-order valence-corrected chi connectivity index (χ0v) is 13.1. The number of carbonyl (C=O) groups is 1. The summed E-state index contributed by atoms with van der Waals surface area (Å²) in [5, 5.41) is 0. The zero-order valence-electron chi connectivity index (χ0n) is 11.4. The first-order valence-corrected chi connectivity index (χ1v) is 8.85. The highest BCUT2D eigenvalue weighted by Gasteiger charge is 2.34. The van der Waals surface area contributed by atoms with Crippen LogP contribution < -0.4 is 0 Å². The number of rotatable bonds is 8. The van der Waals surface area contributed by atoms with Crippen molar-refractivity contribution in [3.8, 4) is 0 Å². The predicted octanol–water partition coefficient (Wildman–Crippen LogP) is 2.63. The van der Waals surface area contributed by atoms with Crippen LogP contribution in [0.3, 0.4) is 0 Å². The Morgan fingerprint density at radius 3 is 1.88 bits per heavy atom. The highest BCUT2D eigenvalue weighted by Crippen LogP contribution is 2.53. The Hall–Kier alpha value is 0.0400. The van der Waals surface area contributed by atoms with Gasteiger partial charge in [-0.1, -0.05) is 0 Å². The minimum Gasteiger partial charge on any atom is -0.343 e. The lowest BCUT2D eigenvalue weighted by molar-refractivity contribution is -0.130. The topological polar surface area (TPSA) is 38.8 Å². The SMILES string of the molecule is CCOP(=S)(OCC)C(C)C(=O)N(CC)CC. The fourth-order valence-corrected chi connectivity index (χ4v) is 4.13. The fourth-order valence-electron chi connectivity index (χ4n) is 1.56. The van der Waals surface area contributed by atoms with Gasteiger partial charge < -0.3 is 13.9 Å². The van der Waals surface area contributed by atoms with E-state index in [0.717, 1.165) is 0 Å². The van der Waals surface area contributed by atoms with Crippen molar-refractivity contribution in [2.75, 3.05) is 26.3 Å². The van der Waals surface area contributed by atoms with E-state index in [0.29, 0.717) is 26.3 Å². The van der Waals surface area contributed by atoms with E-state index >= 15 is 0 Å². The molecule has 0 radical (unpaired) electrons. The smallest absolute Gasteiger partial charge is 0.235 e. The molecule has 0 rings (SSSR count). The Bertz CT molecular complexity index is 272. The molecule has 0 bridgehead atoms. The number of hydrogen-bond acceptors (Lipinski definition) is 4. The average molecular weight is 281 g/mol. The van der Waals surface area contributed by atoms with Crippen LogP contribution in [0.25, 0.3) is 0 Å². The van der Waals surface area contributed by atoms with Crippen LogP contribution in [0, 0.1) is 0 Å². The highest BCUT2D eigenvalue weighted by atomic mass is 32.5. The van der Waals surface area contributed by atoms with Gasteiger partial charge in [-0.2, -0.15) is 0 Å². The molecular weight excluding hydrogens is 257 g/mol. The second-order valence-corrected chi connectivity index (χ2v) is 7.46. The number of carbonyl (C=O) groups excluding carboxylic acids is 1. The lowest BCUT2D eigenvalue weighted by atomic mass is 10.4. The lowest BCUT2D eigenvalue weighted by Gasteiger charge is -2.30. The van der Waals surface area contributed by atoms with Gasteiger partial charge in [0.25, 0.3) is 0 Å². The van der Waals surface area contributed by atoms with Crippen LogP contribution >= 0.6 is 6.49 Å². The zero-order chi connectivity index (χ0) is 13.5. The molecule has 0 aromatic heterocycles. The fraction of sp³-hybridized carbons (Fsp3) is 0.909. The first-order chi connectivity index (χ1) is 7.96.